The summed E-state index contributed by atoms with van der Waals surface area (Å²) >= 11 is 0. The van der Waals surface area contributed by atoms with Crippen LogP contribution < -0.4 is 0 Å². The number of aromatic nitrogens is 1. The van der Waals surface area contributed by atoms with E-state index in [1.165, 1.54) is 0 Å². The molecule has 1 N–H and O–H groups in total. The zero-order valence-electron chi connectivity index (χ0n) is 9.74. The van der Waals surface area contributed by atoms with E-state index in [0.29, 0.717) is 12.2 Å². The van der Waals surface area contributed by atoms with Gasteiger partial charge >= 0.3 is 5.97 Å². The maximum Gasteiger partial charge on any atom is 0.352 e. The summed E-state index contributed by atoms with van der Waals surface area (Å²) < 4.78 is 1.85. The number of rotatable bonds is 2. The van der Waals surface area contributed by atoms with Crippen LogP contribution in [0.5, 0.6) is 0 Å². The van der Waals surface area contributed by atoms with E-state index >= 15 is 0 Å². The summed E-state index contributed by atoms with van der Waals surface area (Å²) in [7, 11) is 0. The molecule has 0 bridgehead atoms. The average Bonchev–Trinajstić information content (AvgIpc) is 2.51. The Kier molecular flexibility index (Phi) is 2.46. The van der Waals surface area contributed by atoms with Gasteiger partial charge in [0.25, 0.3) is 0 Å². The maximum absolute atomic E-state index is 11.2. The third-order valence-corrected chi connectivity index (χ3v) is 2.99. The quantitative estimate of drug-likeness (QED) is 0.840. The molecule has 0 aliphatic rings. The van der Waals surface area contributed by atoms with Crippen LogP contribution in [-0.2, 0) is 6.54 Å². The van der Waals surface area contributed by atoms with Gasteiger partial charge in [0.05, 0.1) is 0 Å². The molecule has 84 valence electrons. The monoisotopic (exact) mass is 217 g/mol. The summed E-state index contributed by atoms with van der Waals surface area (Å²) in [6.07, 6.45) is 0. The molecule has 2 rings (SSSR count). The molecule has 3 nitrogen and oxygen atoms in total. The molecule has 3 heteroatoms. The zero-order chi connectivity index (χ0) is 11.9. The average molecular weight is 217 g/mol. The molecular formula is C13H15NO2. The number of carboxylic acid groups (broad SMARTS) is 1. The molecule has 0 saturated carbocycles. The molecule has 16 heavy (non-hydrogen) atoms. The largest absolute Gasteiger partial charge is 0.477 e. The van der Waals surface area contributed by atoms with Crippen molar-refractivity contribution in [3.63, 3.8) is 0 Å². The number of hydrogen-bond acceptors (Lipinski definition) is 1. The molecule has 0 spiro atoms. The second-order valence-corrected chi connectivity index (χ2v) is 4.04. The summed E-state index contributed by atoms with van der Waals surface area (Å²) in [5, 5.41) is 10.3. The van der Waals surface area contributed by atoms with Gasteiger partial charge in [0.2, 0.25) is 0 Å². The smallest absolute Gasteiger partial charge is 0.352 e. The Morgan fingerprint density at radius 2 is 2.06 bits per heavy atom. The van der Waals surface area contributed by atoms with E-state index in [4.69, 9.17) is 0 Å². The number of carboxylic acids is 1. The van der Waals surface area contributed by atoms with E-state index in [-0.39, 0.29) is 0 Å². The lowest BCUT2D eigenvalue weighted by Crippen LogP contribution is -2.08. The minimum absolute atomic E-state index is 0.406. The first-order valence-corrected chi connectivity index (χ1v) is 5.39. The van der Waals surface area contributed by atoms with Crippen molar-refractivity contribution in [3.8, 4) is 0 Å². The normalized spacial score (nSPS) is 10.9. The van der Waals surface area contributed by atoms with Crippen LogP contribution in [0.4, 0.5) is 0 Å². The number of hydrogen-bond donors (Lipinski definition) is 1. The Hall–Kier alpha value is -1.77. The Morgan fingerprint density at radius 1 is 1.38 bits per heavy atom. The fourth-order valence-electron chi connectivity index (χ4n) is 2.24. The van der Waals surface area contributed by atoms with Crippen molar-refractivity contribution in [2.24, 2.45) is 0 Å². The van der Waals surface area contributed by atoms with Crippen molar-refractivity contribution in [1.29, 1.82) is 0 Å². The Labute approximate surface area is 94.3 Å². The molecule has 0 unspecified atom stereocenters. The van der Waals surface area contributed by atoms with Gasteiger partial charge < -0.3 is 9.67 Å². The van der Waals surface area contributed by atoms with Crippen molar-refractivity contribution < 1.29 is 9.90 Å². The van der Waals surface area contributed by atoms with Crippen LogP contribution in [0.3, 0.4) is 0 Å². The first-order valence-electron chi connectivity index (χ1n) is 5.39. The number of aryl methyl sites for hydroxylation is 3. The summed E-state index contributed by atoms with van der Waals surface area (Å²) in [5.74, 6) is -0.854. The van der Waals surface area contributed by atoms with Crippen molar-refractivity contribution in [2.75, 3.05) is 0 Å². The topological polar surface area (TPSA) is 42.2 Å². The number of nitrogens with zero attached hydrogens (tertiary/aromatic N) is 1. The van der Waals surface area contributed by atoms with Gasteiger partial charge in [0.1, 0.15) is 5.69 Å². The van der Waals surface area contributed by atoms with Gasteiger partial charge in [0.15, 0.2) is 0 Å². The molecule has 0 atom stereocenters. The van der Waals surface area contributed by atoms with Gasteiger partial charge in [-0.25, -0.2) is 4.79 Å². The van der Waals surface area contributed by atoms with Crippen molar-refractivity contribution in [3.05, 3.63) is 35.0 Å². The molecule has 1 aromatic carbocycles. The molecular weight excluding hydrogens is 202 g/mol. The van der Waals surface area contributed by atoms with Gasteiger partial charge in [-0.2, -0.15) is 0 Å². The Bertz CT molecular complexity index is 567. The number of benzene rings is 1. The first-order chi connectivity index (χ1) is 7.56. The highest BCUT2D eigenvalue weighted by Crippen LogP contribution is 2.26. The standard InChI is InChI=1S/C13H15NO2/c1-4-14-11-6-5-8(2)7-10(11)9(3)12(14)13(15)16/h5-7H,4H2,1-3H3,(H,15,16). The molecule has 0 radical (unpaired) electrons. The van der Waals surface area contributed by atoms with Gasteiger partial charge in [0, 0.05) is 17.4 Å². The third-order valence-electron chi connectivity index (χ3n) is 2.99. The molecule has 0 aliphatic heterocycles. The second kappa shape index (κ2) is 3.67. The molecule has 0 amide bonds. The molecule has 1 heterocycles. The van der Waals surface area contributed by atoms with Crippen LogP contribution in [0.15, 0.2) is 18.2 Å². The zero-order valence-corrected chi connectivity index (χ0v) is 9.74. The van der Waals surface area contributed by atoms with Crippen molar-refractivity contribution in [1.82, 2.24) is 4.57 Å². The van der Waals surface area contributed by atoms with E-state index in [1.807, 2.05) is 43.5 Å². The predicted molar refractivity (Wildman–Crippen MR) is 64.0 cm³/mol. The second-order valence-electron chi connectivity index (χ2n) is 4.04. The SMILES string of the molecule is CCn1c(C(=O)O)c(C)c2cc(C)ccc21. The highest BCUT2D eigenvalue weighted by Gasteiger charge is 2.18. The number of carbonyl (C=O) groups is 1. The minimum Gasteiger partial charge on any atom is -0.477 e. The van der Waals surface area contributed by atoms with E-state index < -0.39 is 5.97 Å². The van der Waals surface area contributed by atoms with Gasteiger partial charge in [-0.1, -0.05) is 11.6 Å². The lowest BCUT2D eigenvalue weighted by atomic mass is 10.1. The summed E-state index contributed by atoms with van der Waals surface area (Å²) in [5.41, 5.74) is 3.42. The molecule has 0 saturated heterocycles. The Balaban J connectivity index is 2.90. The molecule has 2 aromatic rings. The highest BCUT2D eigenvalue weighted by atomic mass is 16.4. The van der Waals surface area contributed by atoms with Gasteiger partial charge in [-0.3, -0.25) is 0 Å². The number of fused-ring (bicyclic) bond motifs is 1. The lowest BCUT2D eigenvalue weighted by Gasteiger charge is -2.04. The third kappa shape index (κ3) is 1.40. The lowest BCUT2D eigenvalue weighted by molar-refractivity contribution is 0.0685. The van der Waals surface area contributed by atoms with E-state index in [2.05, 4.69) is 0 Å². The first kappa shape index (κ1) is 10.7. The summed E-state index contributed by atoms with van der Waals surface area (Å²) in [6, 6.07) is 6.05. The van der Waals surface area contributed by atoms with Crippen molar-refractivity contribution in [2.45, 2.75) is 27.3 Å². The van der Waals surface area contributed by atoms with Crippen LogP contribution in [0.2, 0.25) is 0 Å². The van der Waals surface area contributed by atoms with Gasteiger partial charge in [-0.15, -0.1) is 0 Å². The number of aromatic carboxylic acids is 1. The Morgan fingerprint density at radius 3 is 2.62 bits per heavy atom. The molecule has 0 fully saturated rings. The fraction of sp³-hybridized carbons (Fsp3) is 0.308. The molecule has 0 aliphatic carbocycles. The van der Waals surface area contributed by atoms with E-state index in [0.717, 1.165) is 22.0 Å². The van der Waals surface area contributed by atoms with E-state index in [9.17, 15) is 9.90 Å². The molecule has 1 aromatic heterocycles. The summed E-state index contributed by atoms with van der Waals surface area (Å²) in [6.45, 7) is 6.53. The van der Waals surface area contributed by atoms with Gasteiger partial charge in [-0.05, 0) is 38.5 Å². The predicted octanol–water partition coefficient (Wildman–Crippen LogP) is 2.98. The minimum atomic E-state index is -0.854. The van der Waals surface area contributed by atoms with Crippen LogP contribution in [0, 0.1) is 13.8 Å². The van der Waals surface area contributed by atoms with Crippen LogP contribution in [0.1, 0.15) is 28.5 Å². The summed E-state index contributed by atoms with van der Waals surface area (Å²) in [4.78, 5) is 11.2. The van der Waals surface area contributed by atoms with Crippen LogP contribution >= 0.6 is 0 Å². The fourth-order valence-corrected chi connectivity index (χ4v) is 2.24. The highest BCUT2D eigenvalue weighted by molar-refractivity contribution is 5.98. The van der Waals surface area contributed by atoms with Crippen LogP contribution in [-0.4, -0.2) is 15.6 Å². The maximum atomic E-state index is 11.2. The van der Waals surface area contributed by atoms with Crippen molar-refractivity contribution >= 4 is 16.9 Å². The van der Waals surface area contributed by atoms with Crippen LogP contribution in [0.25, 0.3) is 10.9 Å². The van der Waals surface area contributed by atoms with E-state index in [1.54, 1.807) is 0 Å².